The number of nitrogens with zero attached hydrogens (tertiary/aromatic N) is 3. The van der Waals surface area contributed by atoms with Gasteiger partial charge in [0.1, 0.15) is 0 Å². The highest BCUT2D eigenvalue weighted by molar-refractivity contribution is 7.15. The van der Waals surface area contributed by atoms with Crippen molar-refractivity contribution in [3.05, 3.63) is 10.6 Å². The van der Waals surface area contributed by atoms with E-state index in [9.17, 15) is 4.79 Å². The zero-order chi connectivity index (χ0) is 14.7. The van der Waals surface area contributed by atoms with Crippen molar-refractivity contribution >= 4 is 22.4 Å². The average molecular weight is 297 g/mol. The van der Waals surface area contributed by atoms with Crippen LogP contribution >= 0.6 is 11.3 Å². The summed E-state index contributed by atoms with van der Waals surface area (Å²) in [6.07, 6.45) is 1.18. The number of anilines is 1. The number of ether oxygens (including phenoxy) is 1. The molecule has 5 nitrogen and oxygen atoms in total. The van der Waals surface area contributed by atoms with Crippen LogP contribution in [0.5, 0.6) is 0 Å². The molecule has 0 bridgehead atoms. The Bertz CT molecular complexity index is 467. The molecule has 2 rings (SSSR count). The van der Waals surface area contributed by atoms with Crippen molar-refractivity contribution in [2.75, 3.05) is 38.2 Å². The zero-order valence-electron chi connectivity index (χ0n) is 12.7. The van der Waals surface area contributed by atoms with Crippen LogP contribution in [-0.4, -0.2) is 55.2 Å². The predicted molar refractivity (Wildman–Crippen MR) is 81.7 cm³/mol. The van der Waals surface area contributed by atoms with Crippen LogP contribution in [0.4, 0.5) is 5.13 Å². The Morgan fingerprint density at radius 3 is 2.60 bits per heavy atom. The van der Waals surface area contributed by atoms with Crippen LogP contribution in [0.3, 0.4) is 0 Å². The third-order valence-corrected chi connectivity index (χ3v) is 4.99. The van der Waals surface area contributed by atoms with Gasteiger partial charge in [-0.15, -0.1) is 11.3 Å². The average Bonchev–Trinajstić information content (AvgIpc) is 2.87. The summed E-state index contributed by atoms with van der Waals surface area (Å²) < 4.78 is 4.76. The molecule has 0 spiro atoms. The quantitative estimate of drug-likeness (QED) is 0.797. The molecule has 1 aliphatic rings. The highest BCUT2D eigenvalue weighted by Gasteiger charge is 2.24. The zero-order valence-corrected chi connectivity index (χ0v) is 13.5. The van der Waals surface area contributed by atoms with E-state index in [1.54, 1.807) is 11.3 Å². The van der Waals surface area contributed by atoms with Crippen LogP contribution in [0.1, 0.15) is 35.6 Å². The van der Waals surface area contributed by atoms with Crippen molar-refractivity contribution in [2.24, 2.45) is 0 Å². The number of methoxy groups -OCH3 is 1. The molecule has 2 heterocycles. The summed E-state index contributed by atoms with van der Waals surface area (Å²) in [5, 5.41) is 0.937. The summed E-state index contributed by atoms with van der Waals surface area (Å²) in [6.45, 7) is 10.5. The minimum atomic E-state index is -0.344. The standard InChI is InChI=1S/C14H23N3O2S/c1-5-10(2)16-6-8-17(9-7-16)14-15-12(11(3)20-14)13(18)19-4/h10H,5-9H2,1-4H3. The van der Waals surface area contributed by atoms with Gasteiger partial charge in [0.15, 0.2) is 10.8 Å². The van der Waals surface area contributed by atoms with Crippen LogP contribution in [0.25, 0.3) is 0 Å². The molecule has 20 heavy (non-hydrogen) atoms. The normalized spacial score (nSPS) is 18.1. The number of carbonyl (C=O) groups excluding carboxylic acids is 1. The SMILES string of the molecule is CCC(C)N1CCN(c2nc(C(=O)OC)c(C)s2)CC1. The largest absolute Gasteiger partial charge is 0.464 e. The van der Waals surface area contributed by atoms with Crippen molar-refractivity contribution in [2.45, 2.75) is 33.2 Å². The van der Waals surface area contributed by atoms with E-state index < -0.39 is 0 Å². The lowest BCUT2D eigenvalue weighted by atomic mass is 10.2. The smallest absolute Gasteiger partial charge is 0.357 e. The lowest BCUT2D eigenvalue weighted by Crippen LogP contribution is -2.49. The molecule has 1 saturated heterocycles. The Hall–Kier alpha value is -1.14. The molecule has 6 heteroatoms. The van der Waals surface area contributed by atoms with Gasteiger partial charge in [0.05, 0.1) is 7.11 Å². The molecule has 1 atom stereocenters. The van der Waals surface area contributed by atoms with E-state index >= 15 is 0 Å². The maximum atomic E-state index is 11.6. The molecule has 1 aromatic rings. The minimum absolute atomic E-state index is 0.344. The monoisotopic (exact) mass is 297 g/mol. The maximum absolute atomic E-state index is 11.6. The van der Waals surface area contributed by atoms with Gasteiger partial charge in [-0.3, -0.25) is 4.90 Å². The van der Waals surface area contributed by atoms with E-state index in [1.165, 1.54) is 13.5 Å². The van der Waals surface area contributed by atoms with E-state index in [-0.39, 0.29) is 5.97 Å². The van der Waals surface area contributed by atoms with Crippen LogP contribution in [0, 0.1) is 6.92 Å². The number of carbonyl (C=O) groups is 1. The van der Waals surface area contributed by atoms with Gasteiger partial charge in [-0.2, -0.15) is 0 Å². The third kappa shape index (κ3) is 3.12. The summed E-state index contributed by atoms with van der Waals surface area (Å²) in [5.41, 5.74) is 0.455. The molecule has 1 fully saturated rings. The Morgan fingerprint density at radius 2 is 2.05 bits per heavy atom. The Labute approximate surface area is 124 Å². The first-order valence-electron chi connectivity index (χ1n) is 7.11. The number of rotatable bonds is 4. The first-order chi connectivity index (χ1) is 9.56. The Kier molecular flexibility index (Phi) is 4.99. The van der Waals surface area contributed by atoms with Gasteiger partial charge in [0, 0.05) is 37.1 Å². The van der Waals surface area contributed by atoms with E-state index in [0.717, 1.165) is 36.2 Å². The Morgan fingerprint density at radius 1 is 1.40 bits per heavy atom. The van der Waals surface area contributed by atoms with E-state index in [2.05, 4.69) is 28.6 Å². The van der Waals surface area contributed by atoms with E-state index in [1.807, 2.05) is 6.92 Å². The second kappa shape index (κ2) is 6.54. The molecule has 0 aromatic carbocycles. The van der Waals surface area contributed by atoms with Crippen LogP contribution < -0.4 is 4.90 Å². The van der Waals surface area contributed by atoms with Crippen molar-refractivity contribution in [3.8, 4) is 0 Å². The van der Waals surface area contributed by atoms with Crippen LogP contribution in [0.2, 0.25) is 0 Å². The summed E-state index contributed by atoms with van der Waals surface area (Å²) in [4.78, 5) is 21.8. The highest BCUT2D eigenvalue weighted by Crippen LogP contribution is 2.27. The fourth-order valence-electron chi connectivity index (χ4n) is 2.42. The van der Waals surface area contributed by atoms with Gasteiger partial charge < -0.3 is 9.64 Å². The molecule has 0 radical (unpaired) electrons. The molecule has 0 aliphatic carbocycles. The van der Waals surface area contributed by atoms with Crippen LogP contribution in [0.15, 0.2) is 0 Å². The van der Waals surface area contributed by atoms with Gasteiger partial charge in [0.2, 0.25) is 0 Å². The molecular weight excluding hydrogens is 274 g/mol. The summed E-state index contributed by atoms with van der Waals surface area (Å²) in [7, 11) is 1.39. The van der Waals surface area contributed by atoms with E-state index in [4.69, 9.17) is 4.74 Å². The molecule has 1 aromatic heterocycles. The second-order valence-electron chi connectivity index (χ2n) is 5.17. The highest BCUT2D eigenvalue weighted by atomic mass is 32.1. The lowest BCUT2D eigenvalue weighted by molar-refractivity contribution is 0.0594. The predicted octanol–water partition coefficient (Wildman–Crippen LogP) is 2.16. The molecule has 0 amide bonds. The van der Waals surface area contributed by atoms with Gasteiger partial charge in [-0.25, -0.2) is 9.78 Å². The molecule has 1 aliphatic heterocycles. The number of esters is 1. The fourth-order valence-corrected chi connectivity index (χ4v) is 3.36. The van der Waals surface area contributed by atoms with Crippen molar-refractivity contribution in [1.29, 1.82) is 0 Å². The summed E-state index contributed by atoms with van der Waals surface area (Å²) in [5.74, 6) is -0.344. The van der Waals surface area contributed by atoms with Gasteiger partial charge in [0.25, 0.3) is 0 Å². The van der Waals surface area contributed by atoms with Crippen molar-refractivity contribution in [3.63, 3.8) is 0 Å². The van der Waals surface area contributed by atoms with Crippen LogP contribution in [-0.2, 0) is 4.74 Å². The molecule has 112 valence electrons. The topological polar surface area (TPSA) is 45.7 Å². The lowest BCUT2D eigenvalue weighted by Gasteiger charge is -2.37. The number of hydrogen-bond donors (Lipinski definition) is 0. The van der Waals surface area contributed by atoms with Gasteiger partial charge in [-0.1, -0.05) is 6.92 Å². The van der Waals surface area contributed by atoms with Crippen molar-refractivity contribution in [1.82, 2.24) is 9.88 Å². The minimum Gasteiger partial charge on any atom is -0.464 e. The second-order valence-corrected chi connectivity index (χ2v) is 6.35. The maximum Gasteiger partial charge on any atom is 0.357 e. The molecule has 0 N–H and O–H groups in total. The molecule has 0 saturated carbocycles. The first kappa shape index (κ1) is 15.3. The van der Waals surface area contributed by atoms with Gasteiger partial charge >= 0.3 is 5.97 Å². The third-order valence-electron chi connectivity index (χ3n) is 3.96. The van der Waals surface area contributed by atoms with E-state index in [0.29, 0.717) is 11.7 Å². The van der Waals surface area contributed by atoms with Gasteiger partial charge in [-0.05, 0) is 20.3 Å². The number of hydrogen-bond acceptors (Lipinski definition) is 6. The fraction of sp³-hybridized carbons (Fsp3) is 0.714. The number of aryl methyl sites for hydroxylation is 1. The molecular formula is C14H23N3O2S. The summed E-state index contributed by atoms with van der Waals surface area (Å²) >= 11 is 1.58. The molecule has 1 unspecified atom stereocenters. The Balaban J connectivity index is 2.02. The summed E-state index contributed by atoms with van der Waals surface area (Å²) in [6, 6.07) is 0.640. The number of aromatic nitrogens is 1. The number of piperazine rings is 1. The van der Waals surface area contributed by atoms with Crippen molar-refractivity contribution < 1.29 is 9.53 Å². The first-order valence-corrected chi connectivity index (χ1v) is 7.93. The number of thiazole rings is 1.